The van der Waals surface area contributed by atoms with Gasteiger partial charge in [-0.3, -0.25) is 18.8 Å². The van der Waals surface area contributed by atoms with E-state index in [1.807, 2.05) is 26.0 Å². The minimum atomic E-state index is -0.609. The van der Waals surface area contributed by atoms with E-state index in [1.165, 1.54) is 10.5 Å². The predicted molar refractivity (Wildman–Crippen MR) is 99.5 cm³/mol. The second-order valence-corrected chi connectivity index (χ2v) is 6.16. The molecular weight excluding hydrogens is 346 g/mol. The van der Waals surface area contributed by atoms with Crippen LogP contribution in [0, 0.1) is 13.8 Å². The van der Waals surface area contributed by atoms with Crippen LogP contribution >= 0.6 is 0 Å². The Hall–Kier alpha value is -3.48. The lowest BCUT2D eigenvalue weighted by Gasteiger charge is -2.08. The highest BCUT2D eigenvalue weighted by Gasteiger charge is 2.10. The maximum Gasteiger partial charge on any atom is 0.325 e. The van der Waals surface area contributed by atoms with Gasteiger partial charge in [-0.15, -0.1) is 0 Å². The highest BCUT2D eigenvalue weighted by molar-refractivity contribution is 5.96. The van der Waals surface area contributed by atoms with E-state index in [-0.39, 0.29) is 24.6 Å². The molecule has 0 radical (unpaired) electrons. The normalized spacial score (nSPS) is 10.6. The smallest absolute Gasteiger partial charge is 0.325 e. The van der Waals surface area contributed by atoms with Crippen molar-refractivity contribution in [1.29, 1.82) is 0 Å². The number of nitrogens with one attached hydrogen (secondary N) is 1. The molecule has 0 saturated carbocycles. The number of carbonyl (C=O) groups is 2. The number of pyridine rings is 1. The SMILES string of the molecule is Cc1cccc(C(=O)NCC(=O)OCc2cc(=O)n3c(C)cccc3n2)c1. The molecular formula is C20H19N3O4. The number of amides is 1. The van der Waals surface area contributed by atoms with Gasteiger partial charge in [-0.05, 0) is 38.1 Å². The Labute approximate surface area is 155 Å². The summed E-state index contributed by atoms with van der Waals surface area (Å²) < 4.78 is 6.59. The number of ether oxygens (including phenoxy) is 1. The van der Waals surface area contributed by atoms with Crippen molar-refractivity contribution in [2.45, 2.75) is 20.5 Å². The summed E-state index contributed by atoms with van der Waals surface area (Å²) in [5.74, 6) is -0.963. The summed E-state index contributed by atoms with van der Waals surface area (Å²) in [6.07, 6.45) is 0. The van der Waals surface area contributed by atoms with E-state index >= 15 is 0 Å². The third kappa shape index (κ3) is 4.38. The van der Waals surface area contributed by atoms with Gasteiger partial charge in [0.25, 0.3) is 11.5 Å². The first-order chi connectivity index (χ1) is 12.9. The van der Waals surface area contributed by atoms with Crippen molar-refractivity contribution in [2.75, 3.05) is 6.54 Å². The van der Waals surface area contributed by atoms with Gasteiger partial charge in [-0.2, -0.15) is 0 Å². The molecule has 3 rings (SSSR count). The van der Waals surface area contributed by atoms with Crippen molar-refractivity contribution >= 4 is 17.5 Å². The molecule has 0 aliphatic carbocycles. The summed E-state index contributed by atoms with van der Waals surface area (Å²) in [5.41, 5.74) is 2.80. The molecule has 1 aromatic carbocycles. The number of hydrogen-bond acceptors (Lipinski definition) is 5. The molecule has 0 saturated heterocycles. The van der Waals surface area contributed by atoms with Gasteiger partial charge in [0.15, 0.2) is 0 Å². The van der Waals surface area contributed by atoms with Crippen LogP contribution in [0.3, 0.4) is 0 Å². The highest BCUT2D eigenvalue weighted by atomic mass is 16.5. The molecule has 2 heterocycles. The van der Waals surface area contributed by atoms with Gasteiger partial charge in [0.1, 0.15) is 18.8 Å². The van der Waals surface area contributed by atoms with Crippen molar-refractivity contribution in [3.8, 4) is 0 Å². The van der Waals surface area contributed by atoms with Gasteiger partial charge in [0, 0.05) is 17.3 Å². The standard InChI is InChI=1S/C20H19N3O4/c1-13-5-3-7-15(9-13)20(26)21-11-19(25)27-12-16-10-18(24)23-14(2)6-4-8-17(23)22-16/h3-10H,11-12H2,1-2H3,(H,21,26). The average Bonchev–Trinajstić information content (AvgIpc) is 2.64. The van der Waals surface area contributed by atoms with E-state index in [1.54, 1.807) is 30.3 Å². The highest BCUT2D eigenvalue weighted by Crippen LogP contribution is 2.05. The van der Waals surface area contributed by atoms with Gasteiger partial charge < -0.3 is 10.1 Å². The zero-order valence-electron chi connectivity index (χ0n) is 15.1. The monoisotopic (exact) mass is 365 g/mol. The number of rotatable bonds is 5. The summed E-state index contributed by atoms with van der Waals surface area (Å²) >= 11 is 0. The Kier molecular flexibility index (Phi) is 5.30. The number of hydrogen-bond donors (Lipinski definition) is 1. The number of aromatic nitrogens is 2. The molecule has 1 amide bonds. The molecule has 2 aromatic heterocycles. The fraction of sp³-hybridized carbons (Fsp3) is 0.200. The maximum absolute atomic E-state index is 12.2. The summed E-state index contributed by atoms with van der Waals surface area (Å²) in [7, 11) is 0. The van der Waals surface area contributed by atoms with Gasteiger partial charge in [0.05, 0.1) is 5.69 Å². The Bertz CT molecular complexity index is 1070. The number of esters is 1. The molecule has 7 nitrogen and oxygen atoms in total. The van der Waals surface area contributed by atoms with Crippen LogP contribution in [0.1, 0.15) is 27.3 Å². The molecule has 7 heteroatoms. The molecule has 0 spiro atoms. The van der Waals surface area contributed by atoms with Crippen LogP contribution in [0.4, 0.5) is 0 Å². The Morgan fingerprint density at radius 1 is 1.11 bits per heavy atom. The number of carbonyl (C=O) groups excluding carboxylic acids is 2. The molecule has 0 aliphatic rings. The van der Waals surface area contributed by atoms with Crippen molar-refractivity contribution in [3.63, 3.8) is 0 Å². The van der Waals surface area contributed by atoms with Crippen LogP contribution in [-0.4, -0.2) is 27.8 Å². The molecule has 27 heavy (non-hydrogen) atoms. The number of nitrogens with zero attached hydrogens (tertiary/aromatic N) is 2. The third-order valence-corrected chi connectivity index (χ3v) is 3.99. The van der Waals surface area contributed by atoms with Crippen LogP contribution < -0.4 is 10.9 Å². The molecule has 1 N–H and O–H groups in total. The van der Waals surface area contributed by atoms with Crippen LogP contribution in [0.2, 0.25) is 0 Å². The third-order valence-electron chi connectivity index (χ3n) is 3.99. The predicted octanol–water partition coefficient (Wildman–Crippen LogP) is 1.78. The summed E-state index contributed by atoms with van der Waals surface area (Å²) in [6.45, 7) is 3.29. The minimum Gasteiger partial charge on any atom is -0.458 e. The summed E-state index contributed by atoms with van der Waals surface area (Å²) in [4.78, 5) is 40.4. The lowest BCUT2D eigenvalue weighted by Crippen LogP contribution is -2.30. The lowest BCUT2D eigenvalue weighted by atomic mass is 10.1. The molecule has 0 atom stereocenters. The zero-order valence-corrected chi connectivity index (χ0v) is 15.1. The van der Waals surface area contributed by atoms with E-state index in [0.717, 1.165) is 11.3 Å². The Morgan fingerprint density at radius 2 is 1.89 bits per heavy atom. The summed E-state index contributed by atoms with van der Waals surface area (Å²) in [6, 6.07) is 13.7. The zero-order chi connectivity index (χ0) is 19.4. The second kappa shape index (κ2) is 7.82. The molecule has 3 aromatic rings. The van der Waals surface area contributed by atoms with Crippen molar-refractivity contribution in [1.82, 2.24) is 14.7 Å². The average molecular weight is 365 g/mol. The van der Waals surface area contributed by atoms with Gasteiger partial charge >= 0.3 is 5.97 Å². The van der Waals surface area contributed by atoms with E-state index in [9.17, 15) is 14.4 Å². The Morgan fingerprint density at radius 3 is 2.67 bits per heavy atom. The van der Waals surface area contributed by atoms with E-state index < -0.39 is 5.97 Å². The molecule has 0 fully saturated rings. The number of benzene rings is 1. The number of fused-ring (bicyclic) bond motifs is 1. The van der Waals surface area contributed by atoms with Gasteiger partial charge in [-0.1, -0.05) is 23.8 Å². The molecule has 138 valence electrons. The van der Waals surface area contributed by atoms with E-state index in [4.69, 9.17) is 4.74 Å². The molecule has 0 bridgehead atoms. The van der Waals surface area contributed by atoms with Crippen LogP contribution in [0.5, 0.6) is 0 Å². The van der Waals surface area contributed by atoms with Crippen LogP contribution in [0.15, 0.2) is 53.3 Å². The van der Waals surface area contributed by atoms with E-state index in [2.05, 4.69) is 10.3 Å². The minimum absolute atomic E-state index is 0.140. The lowest BCUT2D eigenvalue weighted by molar-refractivity contribution is -0.143. The van der Waals surface area contributed by atoms with Crippen LogP contribution in [-0.2, 0) is 16.1 Å². The van der Waals surface area contributed by atoms with Crippen molar-refractivity contribution < 1.29 is 14.3 Å². The summed E-state index contributed by atoms with van der Waals surface area (Å²) in [5, 5.41) is 2.51. The first-order valence-corrected chi connectivity index (χ1v) is 8.43. The molecule has 0 unspecified atom stereocenters. The second-order valence-electron chi connectivity index (χ2n) is 6.16. The first kappa shape index (κ1) is 18.3. The Balaban J connectivity index is 1.59. The largest absolute Gasteiger partial charge is 0.458 e. The molecule has 0 aliphatic heterocycles. The topological polar surface area (TPSA) is 89.8 Å². The quantitative estimate of drug-likeness (QED) is 0.696. The fourth-order valence-corrected chi connectivity index (χ4v) is 2.68. The fourth-order valence-electron chi connectivity index (χ4n) is 2.68. The van der Waals surface area contributed by atoms with Crippen molar-refractivity contribution in [2.24, 2.45) is 0 Å². The van der Waals surface area contributed by atoms with Gasteiger partial charge in [-0.25, -0.2) is 4.98 Å². The van der Waals surface area contributed by atoms with Crippen molar-refractivity contribution in [3.05, 3.63) is 81.4 Å². The first-order valence-electron chi connectivity index (χ1n) is 8.43. The van der Waals surface area contributed by atoms with E-state index in [0.29, 0.717) is 16.9 Å². The van der Waals surface area contributed by atoms with Crippen LogP contribution in [0.25, 0.3) is 5.65 Å². The van der Waals surface area contributed by atoms with Gasteiger partial charge in [0.2, 0.25) is 0 Å². The maximum atomic E-state index is 12.2. The number of aryl methyl sites for hydroxylation is 2.